The topological polar surface area (TPSA) is 66.4 Å². The summed E-state index contributed by atoms with van der Waals surface area (Å²) in [6, 6.07) is 0. The van der Waals surface area contributed by atoms with Crippen LogP contribution < -0.4 is 5.32 Å². The average molecular weight is 171 g/mol. The monoisotopic (exact) mass is 171 g/mol. The zero-order chi connectivity index (χ0) is 9.19. The molecule has 1 heterocycles. The molecule has 1 saturated heterocycles. The molecule has 0 aromatic rings. The van der Waals surface area contributed by atoms with Crippen LogP contribution in [0, 0.1) is 5.41 Å². The molecule has 4 nitrogen and oxygen atoms in total. The molecule has 1 atom stereocenters. The van der Waals surface area contributed by atoms with Crippen LogP contribution in [0.25, 0.3) is 0 Å². The summed E-state index contributed by atoms with van der Waals surface area (Å²) in [5.41, 5.74) is -0.633. The van der Waals surface area contributed by atoms with Gasteiger partial charge in [0, 0.05) is 6.54 Å². The number of hydrogen-bond acceptors (Lipinski definition) is 2. The van der Waals surface area contributed by atoms with Gasteiger partial charge in [0.15, 0.2) is 0 Å². The number of amides is 1. The largest absolute Gasteiger partial charge is 0.481 e. The number of nitrogens with one attached hydrogen (secondary N) is 1. The molecule has 1 amide bonds. The molecule has 0 spiro atoms. The molecule has 1 unspecified atom stereocenters. The molecule has 2 N–H and O–H groups in total. The second-order valence-corrected chi connectivity index (χ2v) is 3.21. The van der Waals surface area contributed by atoms with Crippen molar-refractivity contribution >= 4 is 11.9 Å². The van der Waals surface area contributed by atoms with E-state index in [9.17, 15) is 9.59 Å². The van der Waals surface area contributed by atoms with Crippen LogP contribution in [-0.2, 0) is 9.59 Å². The van der Waals surface area contributed by atoms with Crippen molar-refractivity contribution in [2.75, 3.05) is 6.54 Å². The van der Waals surface area contributed by atoms with Gasteiger partial charge in [-0.3, -0.25) is 9.59 Å². The molecular weight excluding hydrogens is 158 g/mol. The highest BCUT2D eigenvalue weighted by Gasteiger charge is 2.42. The van der Waals surface area contributed by atoms with Gasteiger partial charge in [-0.25, -0.2) is 0 Å². The van der Waals surface area contributed by atoms with Crippen molar-refractivity contribution in [3.05, 3.63) is 0 Å². The lowest BCUT2D eigenvalue weighted by atomic mass is 9.80. The van der Waals surface area contributed by atoms with Gasteiger partial charge in [0.25, 0.3) is 0 Å². The summed E-state index contributed by atoms with van der Waals surface area (Å²) >= 11 is 0. The van der Waals surface area contributed by atoms with E-state index in [4.69, 9.17) is 5.11 Å². The zero-order valence-corrected chi connectivity index (χ0v) is 7.09. The Labute approximate surface area is 71.0 Å². The van der Waals surface area contributed by atoms with E-state index in [0.29, 0.717) is 19.4 Å². The van der Waals surface area contributed by atoms with Crippen molar-refractivity contribution in [1.29, 1.82) is 0 Å². The quantitative estimate of drug-likeness (QED) is 0.645. The number of carbonyl (C=O) groups excluding carboxylic acids is 1. The minimum atomic E-state index is -0.895. The molecule has 12 heavy (non-hydrogen) atoms. The van der Waals surface area contributed by atoms with Gasteiger partial charge < -0.3 is 10.4 Å². The first-order valence-electron chi connectivity index (χ1n) is 4.11. The van der Waals surface area contributed by atoms with E-state index in [0.717, 1.165) is 0 Å². The summed E-state index contributed by atoms with van der Waals surface area (Å²) in [7, 11) is 0. The molecule has 0 aliphatic carbocycles. The van der Waals surface area contributed by atoms with Crippen LogP contribution in [0.3, 0.4) is 0 Å². The first kappa shape index (κ1) is 9.03. The second kappa shape index (κ2) is 3.13. The number of hydrogen-bond donors (Lipinski definition) is 2. The van der Waals surface area contributed by atoms with Gasteiger partial charge in [-0.1, -0.05) is 6.92 Å². The summed E-state index contributed by atoms with van der Waals surface area (Å²) in [6.45, 7) is 2.47. The minimum absolute atomic E-state index is 0.0463. The molecule has 68 valence electrons. The Morgan fingerprint density at radius 2 is 2.42 bits per heavy atom. The average Bonchev–Trinajstić information content (AvgIpc) is 2.32. The first-order chi connectivity index (χ1) is 5.60. The zero-order valence-electron chi connectivity index (χ0n) is 7.09. The highest BCUT2D eigenvalue weighted by molar-refractivity contribution is 5.88. The Kier molecular flexibility index (Phi) is 2.35. The van der Waals surface area contributed by atoms with Gasteiger partial charge in [0.05, 0.1) is 11.8 Å². The van der Waals surface area contributed by atoms with Crippen LogP contribution in [0.15, 0.2) is 0 Å². The van der Waals surface area contributed by atoms with Crippen molar-refractivity contribution in [3.63, 3.8) is 0 Å². The maximum absolute atomic E-state index is 11.3. The van der Waals surface area contributed by atoms with Crippen LogP contribution >= 0.6 is 0 Å². The Hall–Kier alpha value is -1.06. The Balaban J connectivity index is 2.74. The van der Waals surface area contributed by atoms with Gasteiger partial charge in [-0.15, -0.1) is 0 Å². The standard InChI is InChI=1S/C8H13NO3/c1-2-8(5-6(10)11)3-4-9-7(8)12/h2-5H2,1H3,(H,9,12)(H,10,11). The normalized spacial score (nSPS) is 28.6. The molecule has 0 saturated carbocycles. The van der Waals surface area contributed by atoms with E-state index in [-0.39, 0.29) is 12.3 Å². The molecule has 1 fully saturated rings. The molecule has 0 aromatic carbocycles. The number of aliphatic carboxylic acids is 1. The number of carboxylic acid groups (broad SMARTS) is 1. The van der Waals surface area contributed by atoms with Crippen LogP contribution in [0.1, 0.15) is 26.2 Å². The summed E-state index contributed by atoms with van der Waals surface area (Å²) in [4.78, 5) is 21.8. The summed E-state index contributed by atoms with van der Waals surface area (Å²) < 4.78 is 0. The van der Waals surface area contributed by atoms with Gasteiger partial charge >= 0.3 is 5.97 Å². The third kappa shape index (κ3) is 1.42. The molecular formula is C8H13NO3. The molecule has 4 heteroatoms. The second-order valence-electron chi connectivity index (χ2n) is 3.21. The van der Waals surface area contributed by atoms with Crippen molar-refractivity contribution in [2.24, 2.45) is 5.41 Å². The van der Waals surface area contributed by atoms with Crippen molar-refractivity contribution in [2.45, 2.75) is 26.2 Å². The van der Waals surface area contributed by atoms with Crippen molar-refractivity contribution in [1.82, 2.24) is 5.32 Å². The van der Waals surface area contributed by atoms with Gasteiger partial charge in [-0.05, 0) is 12.8 Å². The fourth-order valence-electron chi connectivity index (χ4n) is 1.64. The highest BCUT2D eigenvalue weighted by atomic mass is 16.4. The van der Waals surface area contributed by atoms with Gasteiger partial charge in [0.2, 0.25) is 5.91 Å². The van der Waals surface area contributed by atoms with E-state index in [1.165, 1.54) is 0 Å². The lowest BCUT2D eigenvalue weighted by Gasteiger charge is -2.21. The fraction of sp³-hybridized carbons (Fsp3) is 0.750. The fourth-order valence-corrected chi connectivity index (χ4v) is 1.64. The van der Waals surface area contributed by atoms with Crippen LogP contribution in [0.2, 0.25) is 0 Å². The molecule has 1 rings (SSSR count). The summed E-state index contributed by atoms with van der Waals surface area (Å²) in [6.07, 6.45) is 1.20. The number of carbonyl (C=O) groups is 2. The molecule has 0 bridgehead atoms. The number of rotatable bonds is 3. The van der Waals surface area contributed by atoms with Crippen LogP contribution in [-0.4, -0.2) is 23.5 Å². The summed E-state index contributed by atoms with van der Waals surface area (Å²) in [5.74, 6) is -0.999. The van der Waals surface area contributed by atoms with Crippen LogP contribution in [0.4, 0.5) is 0 Å². The Bertz CT molecular complexity index is 214. The lowest BCUT2D eigenvalue weighted by molar-refractivity contribution is -0.144. The molecule has 1 aliphatic rings. The predicted octanol–water partition coefficient (Wildman–Crippen LogP) is 0.377. The predicted molar refractivity (Wildman–Crippen MR) is 42.6 cm³/mol. The lowest BCUT2D eigenvalue weighted by Crippen LogP contribution is -2.32. The van der Waals surface area contributed by atoms with Gasteiger partial charge in [0.1, 0.15) is 0 Å². The maximum Gasteiger partial charge on any atom is 0.304 e. The van der Waals surface area contributed by atoms with Crippen LogP contribution in [0.5, 0.6) is 0 Å². The Morgan fingerprint density at radius 3 is 2.75 bits per heavy atom. The Morgan fingerprint density at radius 1 is 1.75 bits per heavy atom. The highest BCUT2D eigenvalue weighted by Crippen LogP contribution is 2.34. The van der Waals surface area contributed by atoms with Gasteiger partial charge in [-0.2, -0.15) is 0 Å². The number of carboxylic acids is 1. The maximum atomic E-state index is 11.3. The van der Waals surface area contributed by atoms with E-state index in [1.54, 1.807) is 0 Å². The molecule has 0 radical (unpaired) electrons. The third-order valence-corrected chi connectivity index (χ3v) is 2.54. The molecule has 1 aliphatic heterocycles. The smallest absolute Gasteiger partial charge is 0.304 e. The SMILES string of the molecule is CCC1(CC(=O)O)CCNC1=O. The summed E-state index contributed by atoms with van der Waals surface area (Å²) in [5, 5.41) is 11.3. The van der Waals surface area contributed by atoms with Crippen molar-refractivity contribution in [3.8, 4) is 0 Å². The van der Waals surface area contributed by atoms with E-state index in [1.807, 2.05) is 6.92 Å². The first-order valence-corrected chi connectivity index (χ1v) is 4.11. The minimum Gasteiger partial charge on any atom is -0.481 e. The van der Waals surface area contributed by atoms with E-state index >= 15 is 0 Å². The van der Waals surface area contributed by atoms with Crippen molar-refractivity contribution < 1.29 is 14.7 Å². The third-order valence-electron chi connectivity index (χ3n) is 2.54. The van der Waals surface area contributed by atoms with E-state index < -0.39 is 11.4 Å². The van der Waals surface area contributed by atoms with E-state index in [2.05, 4.69) is 5.32 Å². The molecule has 0 aromatic heterocycles.